The molecule has 1 aliphatic heterocycles. The maximum Gasteiger partial charge on any atom is 0.373 e. The van der Waals surface area contributed by atoms with E-state index in [0.717, 1.165) is 12.8 Å². The number of rotatable bonds is 6. The summed E-state index contributed by atoms with van der Waals surface area (Å²) in [5.74, 6) is -0.0836. The van der Waals surface area contributed by atoms with Gasteiger partial charge in [-0.3, -0.25) is 9.36 Å². The molecule has 0 bridgehead atoms. The predicted molar refractivity (Wildman–Crippen MR) is 118 cm³/mol. The fraction of sp³-hybridized carbons (Fsp3) is 0.304. The smallest absolute Gasteiger partial charge is 0.373 e. The first-order chi connectivity index (χ1) is 16.1. The van der Waals surface area contributed by atoms with Gasteiger partial charge in [0.05, 0.1) is 38.3 Å². The van der Waals surface area contributed by atoms with Crippen LogP contribution in [0.1, 0.15) is 29.2 Å². The van der Waals surface area contributed by atoms with Gasteiger partial charge in [0.1, 0.15) is 5.76 Å². The van der Waals surface area contributed by atoms with E-state index in [1.807, 2.05) is 18.2 Å². The van der Waals surface area contributed by atoms with Crippen LogP contribution in [0.3, 0.4) is 0 Å². The summed E-state index contributed by atoms with van der Waals surface area (Å²) in [7, 11) is 1.27. The fourth-order valence-corrected chi connectivity index (χ4v) is 4.10. The molecule has 0 spiro atoms. The highest BCUT2D eigenvalue weighted by Gasteiger charge is 2.24. The molecular formula is C23H22N4O6. The molecule has 1 unspecified atom stereocenters. The Morgan fingerprint density at radius 3 is 2.73 bits per heavy atom. The Hall–Kier alpha value is -3.92. The van der Waals surface area contributed by atoms with Crippen LogP contribution in [-0.2, 0) is 22.6 Å². The normalized spacial score (nSPS) is 15.8. The minimum Gasteiger partial charge on any atom is -0.463 e. The number of benzene rings is 1. The van der Waals surface area contributed by atoms with Crippen LogP contribution in [0.5, 0.6) is 0 Å². The first kappa shape index (κ1) is 21.0. The van der Waals surface area contributed by atoms with Gasteiger partial charge in [0.15, 0.2) is 11.2 Å². The molecule has 0 radical (unpaired) electrons. The molecule has 4 heterocycles. The standard InChI is InChI=1S/C23H22N4O6/c1-31-22(29)18-10-9-17(33-18)12-25-14-24-20-19(25)21(28)26(13-16-8-5-11-32-16)23(30)27(20)15-6-3-2-4-7-15/h2-4,6-7,9-10,14,16H,5,8,11-13H2,1H3. The van der Waals surface area contributed by atoms with Gasteiger partial charge in [-0.1, -0.05) is 18.2 Å². The monoisotopic (exact) mass is 450 g/mol. The summed E-state index contributed by atoms with van der Waals surface area (Å²) in [6, 6.07) is 12.2. The summed E-state index contributed by atoms with van der Waals surface area (Å²) in [5.41, 5.74) is 0.192. The van der Waals surface area contributed by atoms with E-state index in [2.05, 4.69) is 9.72 Å². The Balaban J connectivity index is 1.66. The maximum absolute atomic E-state index is 13.5. The number of para-hydroxylation sites is 1. The summed E-state index contributed by atoms with van der Waals surface area (Å²) in [6.07, 6.45) is 2.98. The highest BCUT2D eigenvalue weighted by Crippen LogP contribution is 2.17. The molecular weight excluding hydrogens is 428 g/mol. The Morgan fingerprint density at radius 2 is 2.00 bits per heavy atom. The zero-order chi connectivity index (χ0) is 22.9. The first-order valence-corrected chi connectivity index (χ1v) is 10.6. The van der Waals surface area contributed by atoms with E-state index in [4.69, 9.17) is 9.15 Å². The number of ether oxygens (including phenoxy) is 2. The van der Waals surface area contributed by atoms with Gasteiger partial charge in [0, 0.05) is 6.61 Å². The van der Waals surface area contributed by atoms with Gasteiger partial charge in [-0.25, -0.2) is 19.1 Å². The van der Waals surface area contributed by atoms with Gasteiger partial charge in [-0.15, -0.1) is 0 Å². The number of nitrogens with zero attached hydrogens (tertiary/aromatic N) is 4. The van der Waals surface area contributed by atoms with E-state index in [1.165, 1.54) is 28.6 Å². The van der Waals surface area contributed by atoms with E-state index in [0.29, 0.717) is 18.1 Å². The van der Waals surface area contributed by atoms with Gasteiger partial charge < -0.3 is 18.5 Å². The predicted octanol–water partition coefficient (Wildman–Crippen LogP) is 1.96. The summed E-state index contributed by atoms with van der Waals surface area (Å²) in [6.45, 7) is 0.933. The van der Waals surface area contributed by atoms with Crippen LogP contribution in [0.4, 0.5) is 0 Å². The number of aromatic nitrogens is 4. The average molecular weight is 450 g/mol. The van der Waals surface area contributed by atoms with Crippen molar-refractivity contribution >= 4 is 17.1 Å². The molecule has 0 aliphatic carbocycles. The SMILES string of the molecule is COC(=O)c1ccc(Cn2cnc3c2c(=O)n(CC2CCCO2)c(=O)n3-c2ccccc2)o1. The molecule has 0 amide bonds. The zero-order valence-corrected chi connectivity index (χ0v) is 18.0. The Bertz CT molecular complexity index is 1420. The quantitative estimate of drug-likeness (QED) is 0.413. The summed E-state index contributed by atoms with van der Waals surface area (Å²) in [5, 5.41) is 0. The highest BCUT2D eigenvalue weighted by atomic mass is 16.5. The van der Waals surface area contributed by atoms with Crippen LogP contribution in [0, 0.1) is 0 Å². The van der Waals surface area contributed by atoms with Crippen LogP contribution in [-0.4, -0.2) is 44.5 Å². The fourth-order valence-electron chi connectivity index (χ4n) is 4.10. The van der Waals surface area contributed by atoms with E-state index in [9.17, 15) is 14.4 Å². The van der Waals surface area contributed by atoms with Crippen molar-refractivity contribution in [3.05, 3.63) is 81.2 Å². The van der Waals surface area contributed by atoms with Crippen LogP contribution < -0.4 is 11.2 Å². The van der Waals surface area contributed by atoms with Gasteiger partial charge in [-0.05, 0) is 37.1 Å². The number of hydrogen-bond acceptors (Lipinski definition) is 7. The van der Waals surface area contributed by atoms with Crippen LogP contribution in [0.15, 0.2) is 62.8 Å². The lowest BCUT2D eigenvalue weighted by molar-refractivity contribution is 0.0563. The summed E-state index contributed by atoms with van der Waals surface area (Å²) < 4.78 is 20.2. The number of carbonyl (C=O) groups excluding carboxylic acids is 1. The van der Waals surface area contributed by atoms with Crippen molar-refractivity contribution < 1.29 is 18.7 Å². The second-order valence-electron chi connectivity index (χ2n) is 7.81. The second kappa shape index (κ2) is 8.55. The third-order valence-corrected chi connectivity index (χ3v) is 5.70. The van der Waals surface area contributed by atoms with Crippen molar-refractivity contribution in [2.45, 2.75) is 32.0 Å². The summed E-state index contributed by atoms with van der Waals surface area (Å²) in [4.78, 5) is 43.0. The number of esters is 1. The number of imidazole rings is 1. The molecule has 10 heteroatoms. The number of methoxy groups -OCH3 is 1. The number of furan rings is 1. The van der Waals surface area contributed by atoms with Crippen molar-refractivity contribution in [2.75, 3.05) is 13.7 Å². The van der Waals surface area contributed by atoms with Crippen LogP contribution >= 0.6 is 0 Å². The van der Waals surface area contributed by atoms with Crippen LogP contribution in [0.2, 0.25) is 0 Å². The molecule has 0 saturated carbocycles. The van der Waals surface area contributed by atoms with Crippen LogP contribution in [0.25, 0.3) is 16.9 Å². The maximum atomic E-state index is 13.5. The molecule has 4 aromatic rings. The highest BCUT2D eigenvalue weighted by molar-refractivity contribution is 5.86. The Kier molecular flexibility index (Phi) is 5.43. The van der Waals surface area contributed by atoms with E-state index < -0.39 is 17.2 Å². The number of carbonyl (C=O) groups is 1. The number of fused-ring (bicyclic) bond motifs is 1. The van der Waals surface area contributed by atoms with Crippen molar-refractivity contribution in [1.29, 1.82) is 0 Å². The van der Waals surface area contributed by atoms with Crippen molar-refractivity contribution in [1.82, 2.24) is 18.7 Å². The minimum atomic E-state index is -0.589. The van der Waals surface area contributed by atoms with E-state index in [1.54, 1.807) is 22.8 Å². The largest absolute Gasteiger partial charge is 0.463 e. The van der Waals surface area contributed by atoms with Gasteiger partial charge in [-0.2, -0.15) is 0 Å². The van der Waals surface area contributed by atoms with E-state index in [-0.39, 0.29) is 36.1 Å². The topological polar surface area (TPSA) is 110 Å². The third kappa shape index (κ3) is 3.78. The molecule has 1 atom stereocenters. The zero-order valence-electron chi connectivity index (χ0n) is 18.0. The molecule has 1 saturated heterocycles. The molecule has 1 aromatic carbocycles. The molecule has 10 nitrogen and oxygen atoms in total. The lowest BCUT2D eigenvalue weighted by atomic mass is 10.2. The molecule has 1 fully saturated rings. The lowest BCUT2D eigenvalue weighted by Gasteiger charge is -2.15. The molecule has 0 N–H and O–H groups in total. The summed E-state index contributed by atoms with van der Waals surface area (Å²) >= 11 is 0. The van der Waals surface area contributed by atoms with E-state index >= 15 is 0 Å². The second-order valence-corrected chi connectivity index (χ2v) is 7.81. The number of hydrogen-bond donors (Lipinski definition) is 0. The third-order valence-electron chi connectivity index (χ3n) is 5.70. The Morgan fingerprint density at radius 1 is 1.18 bits per heavy atom. The molecule has 170 valence electrons. The minimum absolute atomic E-state index is 0.0638. The molecule has 5 rings (SSSR count). The average Bonchev–Trinajstić information content (AvgIpc) is 3.59. The van der Waals surface area contributed by atoms with Gasteiger partial charge >= 0.3 is 11.7 Å². The van der Waals surface area contributed by atoms with Crippen molar-refractivity contribution in [2.24, 2.45) is 0 Å². The first-order valence-electron chi connectivity index (χ1n) is 10.6. The molecule has 33 heavy (non-hydrogen) atoms. The van der Waals surface area contributed by atoms with Crippen molar-refractivity contribution in [3.63, 3.8) is 0 Å². The van der Waals surface area contributed by atoms with Gasteiger partial charge in [0.2, 0.25) is 5.76 Å². The lowest BCUT2D eigenvalue weighted by Crippen LogP contribution is -2.42. The van der Waals surface area contributed by atoms with Gasteiger partial charge in [0.25, 0.3) is 5.56 Å². The Labute approximate surface area is 187 Å². The molecule has 1 aliphatic rings. The molecule has 3 aromatic heterocycles. The van der Waals surface area contributed by atoms with Crippen molar-refractivity contribution in [3.8, 4) is 5.69 Å².